The maximum absolute atomic E-state index is 3.49. The molecule has 0 aromatic carbocycles. The third kappa shape index (κ3) is 2.91. The van der Waals surface area contributed by atoms with Crippen molar-refractivity contribution < 1.29 is 0 Å². The SMILES string of the molecule is CCc1ccsc1CNCc1cccs1. The van der Waals surface area contributed by atoms with E-state index in [-0.39, 0.29) is 0 Å². The molecule has 1 nitrogen and oxygen atoms in total. The second-order valence-corrected chi connectivity index (χ2v) is 5.44. The summed E-state index contributed by atoms with van der Waals surface area (Å²) in [6, 6.07) is 6.50. The highest BCUT2D eigenvalue weighted by molar-refractivity contribution is 7.10. The number of rotatable bonds is 5. The van der Waals surface area contributed by atoms with Gasteiger partial charge in [-0.3, -0.25) is 0 Å². The Bertz CT molecular complexity index is 389. The van der Waals surface area contributed by atoms with E-state index in [9.17, 15) is 0 Å². The van der Waals surface area contributed by atoms with E-state index in [0.29, 0.717) is 0 Å². The van der Waals surface area contributed by atoms with Gasteiger partial charge >= 0.3 is 0 Å². The van der Waals surface area contributed by atoms with Gasteiger partial charge < -0.3 is 5.32 Å². The van der Waals surface area contributed by atoms with Gasteiger partial charge in [0.05, 0.1) is 0 Å². The highest BCUT2D eigenvalue weighted by Gasteiger charge is 2.01. The Labute approximate surface area is 98.8 Å². The minimum absolute atomic E-state index is 0.985. The van der Waals surface area contributed by atoms with Gasteiger partial charge in [-0.05, 0) is 34.9 Å². The molecule has 0 saturated carbocycles. The van der Waals surface area contributed by atoms with Gasteiger partial charge in [0, 0.05) is 22.8 Å². The Morgan fingerprint density at radius 3 is 2.80 bits per heavy atom. The van der Waals surface area contributed by atoms with Crippen LogP contribution in [0.25, 0.3) is 0 Å². The Kier molecular flexibility index (Phi) is 3.94. The number of nitrogens with one attached hydrogen (secondary N) is 1. The molecule has 0 spiro atoms. The zero-order chi connectivity index (χ0) is 10.5. The maximum Gasteiger partial charge on any atom is 0.0305 e. The molecule has 0 bridgehead atoms. The highest BCUT2D eigenvalue weighted by atomic mass is 32.1. The van der Waals surface area contributed by atoms with E-state index in [1.54, 1.807) is 0 Å². The molecule has 0 unspecified atom stereocenters. The monoisotopic (exact) mass is 237 g/mol. The molecule has 2 aromatic rings. The third-order valence-corrected chi connectivity index (χ3v) is 4.22. The molecule has 3 heteroatoms. The van der Waals surface area contributed by atoms with Gasteiger partial charge in [-0.1, -0.05) is 13.0 Å². The minimum Gasteiger partial charge on any atom is -0.307 e. The molecule has 0 radical (unpaired) electrons. The van der Waals surface area contributed by atoms with Crippen LogP contribution in [0.4, 0.5) is 0 Å². The summed E-state index contributed by atoms with van der Waals surface area (Å²) in [7, 11) is 0. The van der Waals surface area contributed by atoms with Crippen molar-refractivity contribution in [2.24, 2.45) is 0 Å². The van der Waals surface area contributed by atoms with Crippen LogP contribution >= 0.6 is 22.7 Å². The molecule has 0 amide bonds. The number of thiophene rings is 2. The molecule has 15 heavy (non-hydrogen) atoms. The normalized spacial score (nSPS) is 10.7. The van der Waals surface area contributed by atoms with E-state index in [1.165, 1.54) is 15.3 Å². The summed E-state index contributed by atoms with van der Waals surface area (Å²) in [5.74, 6) is 0. The van der Waals surface area contributed by atoms with Gasteiger partial charge in [0.25, 0.3) is 0 Å². The molecule has 1 N–H and O–H groups in total. The van der Waals surface area contributed by atoms with Crippen LogP contribution in [0.5, 0.6) is 0 Å². The average molecular weight is 237 g/mol. The van der Waals surface area contributed by atoms with Crippen molar-refractivity contribution in [3.63, 3.8) is 0 Å². The Balaban J connectivity index is 1.83. The van der Waals surface area contributed by atoms with Crippen molar-refractivity contribution in [2.45, 2.75) is 26.4 Å². The number of hydrogen-bond acceptors (Lipinski definition) is 3. The molecule has 0 fully saturated rings. The molecule has 0 aliphatic heterocycles. The number of hydrogen-bond donors (Lipinski definition) is 1. The second kappa shape index (κ2) is 5.45. The van der Waals surface area contributed by atoms with E-state index in [1.807, 2.05) is 22.7 Å². The van der Waals surface area contributed by atoms with E-state index in [0.717, 1.165) is 19.5 Å². The lowest BCUT2D eigenvalue weighted by Gasteiger charge is -2.03. The van der Waals surface area contributed by atoms with Crippen molar-refractivity contribution in [1.29, 1.82) is 0 Å². The summed E-state index contributed by atoms with van der Waals surface area (Å²) < 4.78 is 0. The Hall–Kier alpha value is -0.640. The summed E-state index contributed by atoms with van der Waals surface area (Å²) in [5.41, 5.74) is 1.48. The predicted molar refractivity (Wildman–Crippen MR) is 68.6 cm³/mol. The average Bonchev–Trinajstić information content (AvgIpc) is 2.88. The fraction of sp³-hybridized carbons (Fsp3) is 0.333. The fourth-order valence-electron chi connectivity index (χ4n) is 1.55. The van der Waals surface area contributed by atoms with Crippen LogP contribution < -0.4 is 5.32 Å². The van der Waals surface area contributed by atoms with Gasteiger partial charge in [0.2, 0.25) is 0 Å². The van der Waals surface area contributed by atoms with Crippen LogP contribution in [0.2, 0.25) is 0 Å². The molecule has 2 aromatic heterocycles. The van der Waals surface area contributed by atoms with E-state index in [4.69, 9.17) is 0 Å². The lowest BCUT2D eigenvalue weighted by Crippen LogP contribution is -2.11. The van der Waals surface area contributed by atoms with Crippen molar-refractivity contribution in [2.75, 3.05) is 0 Å². The highest BCUT2D eigenvalue weighted by Crippen LogP contribution is 2.17. The van der Waals surface area contributed by atoms with Gasteiger partial charge in [-0.25, -0.2) is 0 Å². The van der Waals surface area contributed by atoms with Gasteiger partial charge in [0.15, 0.2) is 0 Å². The van der Waals surface area contributed by atoms with Crippen LogP contribution in [0.3, 0.4) is 0 Å². The summed E-state index contributed by atoms with van der Waals surface area (Å²) >= 11 is 3.66. The molecule has 2 rings (SSSR count). The van der Waals surface area contributed by atoms with Gasteiger partial charge in [-0.2, -0.15) is 0 Å². The molecular formula is C12H15NS2. The first kappa shape index (κ1) is 10.9. The molecule has 80 valence electrons. The molecule has 2 heterocycles. The Morgan fingerprint density at radius 1 is 1.13 bits per heavy atom. The van der Waals surface area contributed by atoms with Gasteiger partial charge in [-0.15, -0.1) is 22.7 Å². The summed E-state index contributed by atoms with van der Waals surface area (Å²) in [6.45, 7) is 4.20. The standard InChI is InChI=1S/C12H15NS2/c1-2-10-5-7-15-12(10)9-13-8-11-4-3-6-14-11/h3-7,13H,2,8-9H2,1H3. The fourth-order valence-corrected chi connectivity index (χ4v) is 3.17. The predicted octanol–water partition coefficient (Wildman–Crippen LogP) is 3.66. The van der Waals surface area contributed by atoms with E-state index in [2.05, 4.69) is 41.2 Å². The van der Waals surface area contributed by atoms with E-state index >= 15 is 0 Å². The number of aryl methyl sites for hydroxylation is 1. The van der Waals surface area contributed by atoms with Crippen LogP contribution in [0.1, 0.15) is 22.2 Å². The molecule has 0 aliphatic carbocycles. The maximum atomic E-state index is 3.49. The first-order valence-electron chi connectivity index (χ1n) is 5.18. The van der Waals surface area contributed by atoms with Crippen molar-refractivity contribution in [3.05, 3.63) is 44.3 Å². The quantitative estimate of drug-likeness (QED) is 0.837. The molecule has 0 saturated heterocycles. The first-order valence-corrected chi connectivity index (χ1v) is 6.94. The van der Waals surface area contributed by atoms with Crippen molar-refractivity contribution in [1.82, 2.24) is 5.32 Å². The summed E-state index contributed by atoms with van der Waals surface area (Å²) in [5, 5.41) is 7.79. The topological polar surface area (TPSA) is 12.0 Å². The smallest absolute Gasteiger partial charge is 0.0305 e. The van der Waals surface area contributed by atoms with E-state index < -0.39 is 0 Å². The zero-order valence-electron chi connectivity index (χ0n) is 8.82. The molecule has 0 atom stereocenters. The van der Waals surface area contributed by atoms with Crippen LogP contribution in [0.15, 0.2) is 29.0 Å². The largest absolute Gasteiger partial charge is 0.307 e. The van der Waals surface area contributed by atoms with Crippen molar-refractivity contribution in [3.8, 4) is 0 Å². The second-order valence-electron chi connectivity index (χ2n) is 3.41. The summed E-state index contributed by atoms with van der Waals surface area (Å²) in [6.07, 6.45) is 1.14. The third-order valence-electron chi connectivity index (χ3n) is 2.38. The van der Waals surface area contributed by atoms with Crippen LogP contribution in [-0.4, -0.2) is 0 Å². The van der Waals surface area contributed by atoms with Crippen LogP contribution in [0, 0.1) is 0 Å². The minimum atomic E-state index is 0.985. The first-order chi connectivity index (χ1) is 7.40. The van der Waals surface area contributed by atoms with Crippen molar-refractivity contribution >= 4 is 22.7 Å². The summed E-state index contributed by atoms with van der Waals surface area (Å²) in [4.78, 5) is 2.89. The zero-order valence-corrected chi connectivity index (χ0v) is 10.5. The van der Waals surface area contributed by atoms with Crippen LogP contribution in [-0.2, 0) is 19.5 Å². The lowest BCUT2D eigenvalue weighted by molar-refractivity contribution is 0.704. The molecule has 0 aliphatic rings. The molecular weight excluding hydrogens is 222 g/mol. The lowest BCUT2D eigenvalue weighted by atomic mass is 10.2. The Morgan fingerprint density at radius 2 is 2.07 bits per heavy atom. The van der Waals surface area contributed by atoms with Gasteiger partial charge in [0.1, 0.15) is 0 Å².